The predicted octanol–water partition coefficient (Wildman–Crippen LogP) is 2.14. The smallest absolute Gasteiger partial charge is 0.253 e. The van der Waals surface area contributed by atoms with Crippen LogP contribution in [0.1, 0.15) is 24.2 Å². The molecule has 1 aromatic carbocycles. The number of carbonyl (C=O) groups is 1. The molecule has 2 rings (SSSR count). The number of benzene rings is 1. The number of hydrogen-bond donors (Lipinski definition) is 2. The number of pyridine rings is 1. The summed E-state index contributed by atoms with van der Waals surface area (Å²) in [5, 5.41) is 12.9. The zero-order chi connectivity index (χ0) is 16.8. The van der Waals surface area contributed by atoms with Crippen LogP contribution in [0, 0.1) is 11.7 Å². The summed E-state index contributed by atoms with van der Waals surface area (Å²) < 4.78 is 18.9. The van der Waals surface area contributed by atoms with E-state index in [1.807, 2.05) is 13.8 Å². The third-order valence-electron chi connectivity index (χ3n) is 3.17. The normalized spacial score (nSPS) is 12.6. The lowest BCUT2D eigenvalue weighted by molar-refractivity contribution is 0.0259. The number of rotatable bonds is 7. The molecule has 1 amide bonds. The largest absolute Gasteiger partial charge is 0.389 e. The van der Waals surface area contributed by atoms with Crippen molar-refractivity contribution in [1.29, 1.82) is 0 Å². The Hall–Kier alpha value is -2.05. The zero-order valence-electron chi connectivity index (χ0n) is 13.3. The summed E-state index contributed by atoms with van der Waals surface area (Å²) in [7, 11) is 0. The number of nitrogens with one attached hydrogen (secondary N) is 1. The van der Waals surface area contributed by atoms with Crippen LogP contribution in [-0.4, -0.2) is 41.9 Å². The van der Waals surface area contributed by atoms with Gasteiger partial charge in [-0.3, -0.25) is 9.78 Å². The van der Waals surface area contributed by atoms with E-state index in [-0.39, 0.29) is 18.7 Å². The van der Waals surface area contributed by atoms with Crippen LogP contribution in [0.4, 0.5) is 4.39 Å². The van der Waals surface area contributed by atoms with Gasteiger partial charge in [0.25, 0.3) is 5.91 Å². The number of ether oxygens (including phenoxy) is 1. The quantitative estimate of drug-likeness (QED) is 0.820. The molecule has 0 saturated heterocycles. The number of aliphatic hydroxyl groups is 1. The van der Waals surface area contributed by atoms with Crippen LogP contribution in [0.2, 0.25) is 0 Å². The maximum atomic E-state index is 13.6. The van der Waals surface area contributed by atoms with E-state index in [1.165, 1.54) is 6.07 Å². The summed E-state index contributed by atoms with van der Waals surface area (Å²) in [5.74, 6) is -0.603. The average molecular weight is 320 g/mol. The summed E-state index contributed by atoms with van der Waals surface area (Å²) in [6, 6.07) is 5.84. The highest BCUT2D eigenvalue weighted by molar-refractivity contribution is 6.05. The first kappa shape index (κ1) is 17.3. The van der Waals surface area contributed by atoms with Crippen LogP contribution in [0.15, 0.2) is 30.5 Å². The highest BCUT2D eigenvalue weighted by atomic mass is 19.1. The Morgan fingerprint density at radius 1 is 1.39 bits per heavy atom. The van der Waals surface area contributed by atoms with Crippen LogP contribution in [0.25, 0.3) is 10.9 Å². The molecule has 124 valence electrons. The lowest BCUT2D eigenvalue weighted by Gasteiger charge is -2.14. The third-order valence-corrected chi connectivity index (χ3v) is 3.17. The second-order valence-electron chi connectivity index (χ2n) is 5.82. The molecule has 0 bridgehead atoms. The van der Waals surface area contributed by atoms with Crippen molar-refractivity contribution < 1.29 is 19.0 Å². The number of nitrogens with zero attached hydrogens (tertiary/aromatic N) is 1. The minimum atomic E-state index is -0.814. The molecule has 6 heteroatoms. The van der Waals surface area contributed by atoms with Crippen molar-refractivity contribution in [3.63, 3.8) is 0 Å². The van der Waals surface area contributed by atoms with Gasteiger partial charge in [0.05, 0.1) is 23.8 Å². The number of carbonyl (C=O) groups excluding carboxylic acids is 1. The minimum absolute atomic E-state index is 0.0295. The van der Waals surface area contributed by atoms with Crippen LogP contribution in [-0.2, 0) is 4.74 Å². The number of amides is 1. The average Bonchev–Trinajstić information content (AvgIpc) is 2.51. The first-order chi connectivity index (χ1) is 11.0. The Morgan fingerprint density at radius 3 is 2.91 bits per heavy atom. The van der Waals surface area contributed by atoms with Crippen molar-refractivity contribution in [3.8, 4) is 0 Å². The Kier molecular flexibility index (Phi) is 6.01. The van der Waals surface area contributed by atoms with Crippen LogP contribution < -0.4 is 5.32 Å². The molecule has 1 atom stereocenters. The molecule has 0 aliphatic rings. The Morgan fingerprint density at radius 2 is 2.17 bits per heavy atom. The first-order valence-corrected chi connectivity index (χ1v) is 7.55. The summed E-state index contributed by atoms with van der Waals surface area (Å²) in [6.07, 6.45) is 0.733. The standard InChI is InChI=1S/C17H21FN2O3/c1-11(2)9-23-10-14(21)8-20-17(22)15-7-13(18)6-12-4-3-5-19-16(12)15/h3-7,11,14,21H,8-10H2,1-2H3,(H,20,22). The summed E-state index contributed by atoms with van der Waals surface area (Å²) in [5.41, 5.74) is 0.577. The molecule has 1 heterocycles. The Balaban J connectivity index is 1.98. The van der Waals surface area contributed by atoms with E-state index < -0.39 is 17.8 Å². The van der Waals surface area contributed by atoms with Gasteiger partial charge >= 0.3 is 0 Å². The van der Waals surface area contributed by atoms with E-state index in [9.17, 15) is 14.3 Å². The monoisotopic (exact) mass is 320 g/mol. The van der Waals surface area contributed by atoms with Crippen LogP contribution in [0.3, 0.4) is 0 Å². The summed E-state index contributed by atoms with van der Waals surface area (Å²) in [6.45, 7) is 4.73. The maximum Gasteiger partial charge on any atom is 0.253 e. The molecule has 0 saturated carbocycles. The predicted molar refractivity (Wildman–Crippen MR) is 85.7 cm³/mol. The van der Waals surface area contributed by atoms with Crippen molar-refractivity contribution in [2.75, 3.05) is 19.8 Å². The molecule has 2 aromatic rings. The minimum Gasteiger partial charge on any atom is -0.389 e. The molecule has 23 heavy (non-hydrogen) atoms. The molecule has 0 radical (unpaired) electrons. The fourth-order valence-electron chi connectivity index (χ4n) is 2.13. The van der Waals surface area contributed by atoms with E-state index in [1.54, 1.807) is 18.3 Å². The van der Waals surface area contributed by atoms with Crippen LogP contribution in [0.5, 0.6) is 0 Å². The van der Waals surface area contributed by atoms with Crippen molar-refractivity contribution in [1.82, 2.24) is 10.3 Å². The molecular formula is C17H21FN2O3. The molecule has 1 unspecified atom stereocenters. The van der Waals surface area contributed by atoms with E-state index >= 15 is 0 Å². The van der Waals surface area contributed by atoms with Gasteiger partial charge in [-0.25, -0.2) is 4.39 Å². The number of fused-ring (bicyclic) bond motifs is 1. The molecular weight excluding hydrogens is 299 g/mol. The second kappa shape index (κ2) is 7.99. The van der Waals surface area contributed by atoms with Gasteiger partial charge < -0.3 is 15.2 Å². The van der Waals surface area contributed by atoms with Gasteiger partial charge in [-0.1, -0.05) is 19.9 Å². The first-order valence-electron chi connectivity index (χ1n) is 7.55. The van der Waals surface area contributed by atoms with E-state index in [4.69, 9.17) is 4.74 Å². The van der Waals surface area contributed by atoms with Gasteiger partial charge in [-0.2, -0.15) is 0 Å². The topological polar surface area (TPSA) is 71.5 Å². The van der Waals surface area contributed by atoms with Gasteiger partial charge in [0.2, 0.25) is 0 Å². The molecule has 5 nitrogen and oxygen atoms in total. The zero-order valence-corrected chi connectivity index (χ0v) is 13.3. The van der Waals surface area contributed by atoms with Crippen molar-refractivity contribution in [2.24, 2.45) is 5.92 Å². The highest BCUT2D eigenvalue weighted by Crippen LogP contribution is 2.18. The SMILES string of the molecule is CC(C)COCC(O)CNC(=O)c1cc(F)cc2cccnc12. The third kappa shape index (κ3) is 4.97. The van der Waals surface area contributed by atoms with Crippen molar-refractivity contribution in [2.45, 2.75) is 20.0 Å². The Bertz CT molecular complexity index is 676. The number of halogens is 1. The van der Waals surface area contributed by atoms with Crippen molar-refractivity contribution in [3.05, 3.63) is 41.8 Å². The van der Waals surface area contributed by atoms with Gasteiger partial charge in [0, 0.05) is 24.7 Å². The van der Waals surface area contributed by atoms with Gasteiger partial charge in [0.1, 0.15) is 5.82 Å². The highest BCUT2D eigenvalue weighted by Gasteiger charge is 2.14. The second-order valence-corrected chi connectivity index (χ2v) is 5.82. The lowest BCUT2D eigenvalue weighted by Crippen LogP contribution is -2.35. The van der Waals surface area contributed by atoms with E-state index in [2.05, 4.69) is 10.3 Å². The summed E-state index contributed by atoms with van der Waals surface area (Å²) in [4.78, 5) is 16.4. The van der Waals surface area contributed by atoms with Gasteiger partial charge in [-0.05, 0) is 24.1 Å². The van der Waals surface area contributed by atoms with Crippen LogP contribution >= 0.6 is 0 Å². The number of hydrogen-bond acceptors (Lipinski definition) is 4. The van der Waals surface area contributed by atoms with Gasteiger partial charge in [0.15, 0.2) is 0 Å². The molecule has 0 fully saturated rings. The number of aromatic nitrogens is 1. The molecule has 1 aromatic heterocycles. The van der Waals surface area contributed by atoms with Gasteiger partial charge in [-0.15, -0.1) is 0 Å². The molecule has 0 aliphatic heterocycles. The molecule has 0 spiro atoms. The molecule has 2 N–H and O–H groups in total. The fourth-order valence-corrected chi connectivity index (χ4v) is 2.13. The van der Waals surface area contributed by atoms with E-state index in [0.29, 0.717) is 23.4 Å². The van der Waals surface area contributed by atoms with Crippen molar-refractivity contribution >= 4 is 16.8 Å². The summed E-state index contributed by atoms with van der Waals surface area (Å²) >= 11 is 0. The Labute approximate surface area is 134 Å². The maximum absolute atomic E-state index is 13.6. The van der Waals surface area contributed by atoms with E-state index in [0.717, 1.165) is 6.07 Å². The fraction of sp³-hybridized carbons (Fsp3) is 0.412. The lowest BCUT2D eigenvalue weighted by atomic mass is 10.1. The molecule has 0 aliphatic carbocycles. The number of aliphatic hydroxyl groups excluding tert-OH is 1.